The van der Waals surface area contributed by atoms with E-state index in [1.54, 1.807) is 0 Å². The molecule has 18 heavy (non-hydrogen) atoms. The zero-order valence-electron chi connectivity index (χ0n) is 12.2. The van der Waals surface area contributed by atoms with Crippen molar-refractivity contribution in [2.45, 2.75) is 58.2 Å². The van der Waals surface area contributed by atoms with Gasteiger partial charge in [-0.15, -0.1) is 0 Å². The second-order valence-corrected chi connectivity index (χ2v) is 6.58. The lowest BCUT2D eigenvalue weighted by Crippen LogP contribution is -2.53. The van der Waals surface area contributed by atoms with Gasteiger partial charge >= 0.3 is 6.09 Å². The highest BCUT2D eigenvalue weighted by molar-refractivity contribution is 5.68. The van der Waals surface area contributed by atoms with Crippen LogP contribution in [0.3, 0.4) is 0 Å². The molecule has 1 aliphatic rings. The van der Waals surface area contributed by atoms with Crippen molar-refractivity contribution in [3.8, 4) is 0 Å². The van der Waals surface area contributed by atoms with E-state index >= 15 is 0 Å². The number of carbonyl (C=O) groups excluding carboxylic acids is 1. The normalized spacial score (nSPS) is 20.8. The Bertz CT molecular complexity index is 278. The number of nitrogens with one attached hydrogen (secondary N) is 3. The molecule has 0 bridgehead atoms. The molecule has 5 nitrogen and oxygen atoms in total. The van der Waals surface area contributed by atoms with Crippen molar-refractivity contribution in [3.05, 3.63) is 0 Å². The maximum Gasteiger partial charge on any atom is 0.408 e. The minimum Gasteiger partial charge on any atom is -0.444 e. The topological polar surface area (TPSA) is 62.4 Å². The van der Waals surface area contributed by atoms with Crippen LogP contribution in [0.5, 0.6) is 0 Å². The molecule has 1 aliphatic heterocycles. The molecule has 1 atom stereocenters. The molecule has 0 aliphatic carbocycles. The lowest BCUT2D eigenvalue weighted by molar-refractivity contribution is 0.0471. The van der Waals surface area contributed by atoms with E-state index in [2.05, 4.69) is 16.0 Å². The average Bonchev–Trinajstić information content (AvgIpc) is 2.62. The smallest absolute Gasteiger partial charge is 0.408 e. The number of amides is 1. The van der Waals surface area contributed by atoms with Crippen molar-refractivity contribution < 1.29 is 9.53 Å². The summed E-state index contributed by atoms with van der Waals surface area (Å²) in [6, 6.07) is 0.504. The molecule has 0 aromatic heterocycles. The van der Waals surface area contributed by atoms with E-state index in [9.17, 15) is 4.79 Å². The van der Waals surface area contributed by atoms with Gasteiger partial charge in [-0.1, -0.05) is 0 Å². The SMILES string of the molecule is CC(C)(CNC1CCNC1)NC(=O)OC(C)(C)C. The number of carbonyl (C=O) groups is 1. The molecular formula is C13H27N3O2. The first-order valence-corrected chi connectivity index (χ1v) is 6.63. The fraction of sp³-hybridized carbons (Fsp3) is 0.923. The Labute approximate surface area is 110 Å². The van der Waals surface area contributed by atoms with Gasteiger partial charge in [-0.25, -0.2) is 4.79 Å². The third-order valence-electron chi connectivity index (χ3n) is 2.73. The van der Waals surface area contributed by atoms with Crippen LogP contribution >= 0.6 is 0 Å². The van der Waals surface area contributed by atoms with Gasteiger partial charge in [0.1, 0.15) is 5.60 Å². The molecule has 0 radical (unpaired) electrons. The lowest BCUT2D eigenvalue weighted by atomic mass is 10.1. The summed E-state index contributed by atoms with van der Waals surface area (Å²) in [4.78, 5) is 11.7. The zero-order chi connectivity index (χ0) is 13.8. The quantitative estimate of drug-likeness (QED) is 0.709. The predicted molar refractivity (Wildman–Crippen MR) is 72.7 cm³/mol. The van der Waals surface area contributed by atoms with Gasteiger partial charge in [0.2, 0.25) is 0 Å². The van der Waals surface area contributed by atoms with Gasteiger partial charge in [0.25, 0.3) is 0 Å². The Morgan fingerprint density at radius 2 is 2.00 bits per heavy atom. The highest BCUT2D eigenvalue weighted by Gasteiger charge is 2.25. The fourth-order valence-electron chi connectivity index (χ4n) is 1.85. The van der Waals surface area contributed by atoms with Crippen molar-refractivity contribution in [1.29, 1.82) is 0 Å². The molecule has 1 saturated heterocycles. The third kappa shape index (κ3) is 6.21. The fourth-order valence-corrected chi connectivity index (χ4v) is 1.85. The van der Waals surface area contributed by atoms with Crippen LogP contribution in [0.2, 0.25) is 0 Å². The molecule has 1 amide bonds. The van der Waals surface area contributed by atoms with Crippen molar-refractivity contribution in [1.82, 2.24) is 16.0 Å². The average molecular weight is 257 g/mol. The monoisotopic (exact) mass is 257 g/mol. The van der Waals surface area contributed by atoms with Gasteiger partial charge in [0, 0.05) is 19.1 Å². The summed E-state index contributed by atoms with van der Waals surface area (Å²) in [5.41, 5.74) is -0.770. The van der Waals surface area contributed by atoms with Crippen LogP contribution < -0.4 is 16.0 Å². The Morgan fingerprint density at radius 3 is 2.50 bits per heavy atom. The van der Waals surface area contributed by atoms with Crippen LogP contribution in [0, 0.1) is 0 Å². The van der Waals surface area contributed by atoms with Crippen LogP contribution in [0.1, 0.15) is 41.0 Å². The van der Waals surface area contributed by atoms with Gasteiger partial charge < -0.3 is 20.7 Å². The van der Waals surface area contributed by atoms with Crippen molar-refractivity contribution >= 4 is 6.09 Å². The molecule has 1 rings (SSSR count). The zero-order valence-corrected chi connectivity index (χ0v) is 12.2. The predicted octanol–water partition coefficient (Wildman–Crippen LogP) is 1.24. The minimum atomic E-state index is -0.455. The van der Waals surface area contributed by atoms with Gasteiger partial charge in [0.15, 0.2) is 0 Å². The van der Waals surface area contributed by atoms with Crippen molar-refractivity contribution in [3.63, 3.8) is 0 Å². The highest BCUT2D eigenvalue weighted by atomic mass is 16.6. The Balaban J connectivity index is 2.31. The van der Waals surface area contributed by atoms with Crippen LogP contribution in [-0.2, 0) is 4.74 Å². The molecule has 1 heterocycles. The lowest BCUT2D eigenvalue weighted by Gasteiger charge is -2.30. The van der Waals surface area contributed by atoms with Crippen LogP contribution in [0.4, 0.5) is 4.79 Å². The molecule has 5 heteroatoms. The maximum absolute atomic E-state index is 11.7. The van der Waals surface area contributed by atoms with Gasteiger partial charge in [-0.3, -0.25) is 0 Å². The third-order valence-corrected chi connectivity index (χ3v) is 2.73. The van der Waals surface area contributed by atoms with Crippen LogP contribution in [0.15, 0.2) is 0 Å². The van der Waals surface area contributed by atoms with Gasteiger partial charge in [-0.2, -0.15) is 0 Å². The van der Waals surface area contributed by atoms with Crippen LogP contribution in [0.25, 0.3) is 0 Å². The first kappa shape index (κ1) is 15.2. The molecule has 1 fully saturated rings. The molecule has 0 aromatic carbocycles. The Kier molecular flexibility index (Phi) is 4.99. The summed E-state index contributed by atoms with van der Waals surface area (Å²) in [6.07, 6.45) is 0.779. The summed E-state index contributed by atoms with van der Waals surface area (Å²) in [5, 5.41) is 9.66. The van der Waals surface area contributed by atoms with Crippen molar-refractivity contribution in [2.24, 2.45) is 0 Å². The standard InChI is InChI=1S/C13H27N3O2/c1-12(2,3)18-11(17)16-13(4,5)9-15-10-6-7-14-8-10/h10,14-15H,6-9H2,1-5H3,(H,16,17). The van der Waals surface area contributed by atoms with Crippen LogP contribution in [-0.4, -0.2) is 42.9 Å². The minimum absolute atomic E-state index is 0.315. The molecule has 106 valence electrons. The van der Waals surface area contributed by atoms with E-state index in [0.717, 1.165) is 26.1 Å². The van der Waals surface area contributed by atoms with E-state index in [-0.39, 0.29) is 11.6 Å². The largest absolute Gasteiger partial charge is 0.444 e. The molecular weight excluding hydrogens is 230 g/mol. The number of rotatable bonds is 4. The van der Waals surface area contributed by atoms with E-state index in [4.69, 9.17) is 4.74 Å². The highest BCUT2D eigenvalue weighted by Crippen LogP contribution is 2.09. The van der Waals surface area contributed by atoms with E-state index in [1.807, 2.05) is 34.6 Å². The summed E-state index contributed by atoms with van der Waals surface area (Å²) in [7, 11) is 0. The molecule has 0 spiro atoms. The first-order valence-electron chi connectivity index (χ1n) is 6.63. The molecule has 0 saturated carbocycles. The van der Waals surface area contributed by atoms with E-state index in [1.165, 1.54) is 0 Å². The Morgan fingerprint density at radius 1 is 1.33 bits per heavy atom. The Hall–Kier alpha value is -0.810. The summed E-state index contributed by atoms with van der Waals surface area (Å²) in [5.74, 6) is 0. The number of hydrogen-bond acceptors (Lipinski definition) is 4. The number of alkyl carbamates (subject to hydrolysis) is 1. The summed E-state index contributed by atoms with van der Waals surface area (Å²) in [6.45, 7) is 12.4. The van der Waals surface area contributed by atoms with E-state index in [0.29, 0.717) is 6.04 Å². The van der Waals surface area contributed by atoms with Gasteiger partial charge in [-0.05, 0) is 47.6 Å². The molecule has 1 unspecified atom stereocenters. The number of hydrogen-bond donors (Lipinski definition) is 3. The van der Waals surface area contributed by atoms with Crippen molar-refractivity contribution in [2.75, 3.05) is 19.6 Å². The summed E-state index contributed by atoms with van der Waals surface area (Å²) >= 11 is 0. The second kappa shape index (κ2) is 5.89. The first-order chi connectivity index (χ1) is 8.18. The summed E-state index contributed by atoms with van der Waals surface area (Å²) < 4.78 is 5.26. The number of ether oxygens (including phenoxy) is 1. The van der Waals surface area contributed by atoms with Gasteiger partial charge in [0.05, 0.1) is 5.54 Å². The second-order valence-electron chi connectivity index (χ2n) is 6.58. The maximum atomic E-state index is 11.7. The van der Waals surface area contributed by atoms with E-state index < -0.39 is 5.60 Å². The molecule has 3 N–H and O–H groups in total. The molecule has 0 aromatic rings.